The molecule has 0 heterocycles. The third-order valence-corrected chi connectivity index (χ3v) is 2.47. The molecule has 0 saturated carbocycles. The zero-order valence-electron chi connectivity index (χ0n) is 9.89. The molecule has 16 heavy (non-hydrogen) atoms. The van der Waals surface area contributed by atoms with E-state index in [1.807, 2.05) is 6.07 Å². The van der Waals surface area contributed by atoms with Crippen LogP contribution in [0.25, 0.3) is 0 Å². The molecule has 0 radical (unpaired) electrons. The van der Waals surface area contributed by atoms with Gasteiger partial charge in [-0.05, 0) is 18.4 Å². The second-order valence-corrected chi connectivity index (χ2v) is 3.71. The normalized spacial score (nSPS) is 12.3. The molecular formula is C14H20O2. The first-order valence-electron chi connectivity index (χ1n) is 5.62. The summed E-state index contributed by atoms with van der Waals surface area (Å²) in [6, 6.07) is 10.4. The van der Waals surface area contributed by atoms with Crippen LogP contribution in [-0.4, -0.2) is 26.4 Å². The molecule has 0 fully saturated rings. The summed E-state index contributed by atoms with van der Waals surface area (Å²) in [6.07, 6.45) is 3.93. The predicted molar refractivity (Wildman–Crippen MR) is 66.6 cm³/mol. The quantitative estimate of drug-likeness (QED) is 0.495. The van der Waals surface area contributed by atoms with Gasteiger partial charge < -0.3 is 9.47 Å². The number of ether oxygens (including phenoxy) is 2. The van der Waals surface area contributed by atoms with Crippen molar-refractivity contribution in [2.24, 2.45) is 0 Å². The van der Waals surface area contributed by atoms with Crippen LogP contribution in [0.3, 0.4) is 0 Å². The van der Waals surface area contributed by atoms with Gasteiger partial charge in [0.25, 0.3) is 0 Å². The first-order valence-corrected chi connectivity index (χ1v) is 5.62. The summed E-state index contributed by atoms with van der Waals surface area (Å²) in [5.74, 6) is 0. The van der Waals surface area contributed by atoms with Gasteiger partial charge >= 0.3 is 0 Å². The Kier molecular flexibility index (Phi) is 6.54. The predicted octanol–water partition coefficient (Wildman–Crippen LogP) is 2.84. The summed E-state index contributed by atoms with van der Waals surface area (Å²) in [7, 11) is 1.73. The Bertz CT molecular complexity index is 282. The van der Waals surface area contributed by atoms with Crippen molar-refractivity contribution >= 4 is 0 Å². The van der Waals surface area contributed by atoms with Gasteiger partial charge in [0.1, 0.15) is 0 Å². The van der Waals surface area contributed by atoms with Gasteiger partial charge in [0.2, 0.25) is 0 Å². The molecule has 0 aliphatic heterocycles. The van der Waals surface area contributed by atoms with Gasteiger partial charge in [-0.25, -0.2) is 0 Å². The summed E-state index contributed by atoms with van der Waals surface area (Å²) in [5, 5.41) is 0. The van der Waals surface area contributed by atoms with E-state index in [4.69, 9.17) is 9.47 Å². The maximum atomic E-state index is 5.38. The van der Waals surface area contributed by atoms with Crippen molar-refractivity contribution < 1.29 is 9.47 Å². The highest BCUT2D eigenvalue weighted by Crippen LogP contribution is 2.07. The summed E-state index contributed by atoms with van der Waals surface area (Å²) < 4.78 is 10.7. The van der Waals surface area contributed by atoms with E-state index in [0.717, 1.165) is 12.8 Å². The van der Waals surface area contributed by atoms with Crippen molar-refractivity contribution in [3.05, 3.63) is 48.6 Å². The largest absolute Gasteiger partial charge is 0.379 e. The SMILES string of the molecule is C=CCOCC(CCc1ccccc1)OC. The van der Waals surface area contributed by atoms with Gasteiger partial charge in [-0.2, -0.15) is 0 Å². The molecule has 0 N–H and O–H groups in total. The van der Waals surface area contributed by atoms with Crippen molar-refractivity contribution in [2.45, 2.75) is 18.9 Å². The van der Waals surface area contributed by atoms with Gasteiger partial charge in [-0.15, -0.1) is 6.58 Å². The lowest BCUT2D eigenvalue weighted by atomic mass is 10.1. The molecule has 0 spiro atoms. The second kappa shape index (κ2) is 8.08. The Labute approximate surface area is 97.9 Å². The van der Waals surface area contributed by atoms with E-state index in [1.54, 1.807) is 13.2 Å². The maximum Gasteiger partial charge on any atom is 0.0808 e. The van der Waals surface area contributed by atoms with Crippen LogP contribution in [-0.2, 0) is 15.9 Å². The molecule has 0 aromatic heterocycles. The van der Waals surface area contributed by atoms with E-state index in [2.05, 4.69) is 30.8 Å². The van der Waals surface area contributed by atoms with Crippen molar-refractivity contribution in [3.8, 4) is 0 Å². The molecular weight excluding hydrogens is 200 g/mol. The highest BCUT2D eigenvalue weighted by Gasteiger charge is 2.07. The Morgan fingerprint density at radius 1 is 1.31 bits per heavy atom. The molecule has 0 amide bonds. The third kappa shape index (κ3) is 5.10. The van der Waals surface area contributed by atoms with Crippen molar-refractivity contribution in [1.29, 1.82) is 0 Å². The average Bonchev–Trinajstić information content (AvgIpc) is 2.35. The fourth-order valence-electron chi connectivity index (χ4n) is 1.52. The fraction of sp³-hybridized carbons (Fsp3) is 0.429. The first kappa shape index (κ1) is 12.9. The summed E-state index contributed by atoms with van der Waals surface area (Å²) in [5.41, 5.74) is 1.34. The Morgan fingerprint density at radius 3 is 2.69 bits per heavy atom. The number of benzene rings is 1. The van der Waals surface area contributed by atoms with Gasteiger partial charge in [0, 0.05) is 7.11 Å². The lowest BCUT2D eigenvalue weighted by Crippen LogP contribution is -2.19. The van der Waals surface area contributed by atoms with Crippen molar-refractivity contribution in [3.63, 3.8) is 0 Å². The van der Waals surface area contributed by atoms with Crippen LogP contribution in [0.15, 0.2) is 43.0 Å². The van der Waals surface area contributed by atoms with E-state index < -0.39 is 0 Å². The zero-order valence-corrected chi connectivity index (χ0v) is 9.89. The van der Waals surface area contributed by atoms with Gasteiger partial charge in [0.15, 0.2) is 0 Å². The molecule has 1 unspecified atom stereocenters. The molecule has 88 valence electrons. The number of methoxy groups -OCH3 is 1. The van der Waals surface area contributed by atoms with Crippen molar-refractivity contribution in [2.75, 3.05) is 20.3 Å². The average molecular weight is 220 g/mol. The molecule has 1 aromatic carbocycles. The van der Waals surface area contributed by atoms with E-state index in [1.165, 1.54) is 5.56 Å². The smallest absolute Gasteiger partial charge is 0.0808 e. The highest BCUT2D eigenvalue weighted by molar-refractivity contribution is 5.14. The molecule has 0 saturated heterocycles. The lowest BCUT2D eigenvalue weighted by molar-refractivity contribution is 0.0133. The van der Waals surface area contributed by atoms with Crippen LogP contribution in [0.1, 0.15) is 12.0 Å². The van der Waals surface area contributed by atoms with E-state index in [-0.39, 0.29) is 6.10 Å². The molecule has 1 rings (SSSR count). The minimum Gasteiger partial charge on any atom is -0.379 e. The second-order valence-electron chi connectivity index (χ2n) is 3.71. The molecule has 0 bridgehead atoms. The Hall–Kier alpha value is -1.12. The Morgan fingerprint density at radius 2 is 2.06 bits per heavy atom. The van der Waals surface area contributed by atoms with E-state index in [9.17, 15) is 0 Å². The number of rotatable bonds is 8. The number of aryl methyl sites for hydroxylation is 1. The van der Waals surface area contributed by atoms with Crippen LogP contribution in [0.5, 0.6) is 0 Å². The molecule has 1 aromatic rings. The topological polar surface area (TPSA) is 18.5 Å². The number of hydrogen-bond acceptors (Lipinski definition) is 2. The molecule has 0 aliphatic rings. The van der Waals surface area contributed by atoms with Crippen LogP contribution in [0.4, 0.5) is 0 Å². The van der Waals surface area contributed by atoms with Crippen LogP contribution in [0, 0.1) is 0 Å². The minimum atomic E-state index is 0.167. The maximum absolute atomic E-state index is 5.38. The molecule has 2 heteroatoms. The monoisotopic (exact) mass is 220 g/mol. The lowest BCUT2D eigenvalue weighted by Gasteiger charge is -2.14. The summed E-state index contributed by atoms with van der Waals surface area (Å²) >= 11 is 0. The molecule has 2 nitrogen and oxygen atoms in total. The number of hydrogen-bond donors (Lipinski definition) is 0. The zero-order chi connectivity index (χ0) is 11.6. The van der Waals surface area contributed by atoms with Crippen LogP contribution >= 0.6 is 0 Å². The first-order chi connectivity index (χ1) is 7.86. The van der Waals surface area contributed by atoms with Crippen LogP contribution in [0.2, 0.25) is 0 Å². The standard InChI is InChI=1S/C14H20O2/c1-3-11-16-12-14(15-2)10-9-13-7-5-4-6-8-13/h3-8,14H,1,9-12H2,2H3. The van der Waals surface area contributed by atoms with Gasteiger partial charge in [0.05, 0.1) is 19.3 Å². The fourth-order valence-corrected chi connectivity index (χ4v) is 1.52. The Balaban J connectivity index is 2.25. The highest BCUT2D eigenvalue weighted by atomic mass is 16.5. The summed E-state index contributed by atoms with van der Waals surface area (Å²) in [6.45, 7) is 4.83. The van der Waals surface area contributed by atoms with E-state index in [0.29, 0.717) is 13.2 Å². The molecule has 0 aliphatic carbocycles. The van der Waals surface area contributed by atoms with Gasteiger partial charge in [-0.3, -0.25) is 0 Å². The van der Waals surface area contributed by atoms with E-state index >= 15 is 0 Å². The van der Waals surface area contributed by atoms with Crippen LogP contribution < -0.4 is 0 Å². The van der Waals surface area contributed by atoms with Gasteiger partial charge in [-0.1, -0.05) is 36.4 Å². The summed E-state index contributed by atoms with van der Waals surface area (Å²) in [4.78, 5) is 0. The van der Waals surface area contributed by atoms with Crippen molar-refractivity contribution in [1.82, 2.24) is 0 Å². The molecule has 1 atom stereocenters. The minimum absolute atomic E-state index is 0.167. The third-order valence-electron chi connectivity index (χ3n) is 2.47.